The Balaban J connectivity index is 1.79. The van der Waals surface area contributed by atoms with Crippen molar-refractivity contribution in [1.82, 2.24) is 15.5 Å². The maximum absolute atomic E-state index is 13.8. The van der Waals surface area contributed by atoms with Gasteiger partial charge >= 0.3 is 12.0 Å². The molecule has 0 bridgehead atoms. The number of carboxylic acids is 1. The highest BCUT2D eigenvalue weighted by Crippen LogP contribution is 2.24. The van der Waals surface area contributed by atoms with Crippen LogP contribution in [0.2, 0.25) is 0 Å². The Hall–Kier alpha value is -3.95. The average Bonchev–Trinajstić information content (AvgIpc) is 2.96. The van der Waals surface area contributed by atoms with E-state index in [9.17, 15) is 23.6 Å². The fourth-order valence-electron chi connectivity index (χ4n) is 3.83. The molecule has 34 heavy (non-hydrogen) atoms. The van der Waals surface area contributed by atoms with Crippen LogP contribution >= 0.6 is 0 Å². The highest BCUT2D eigenvalue weighted by molar-refractivity contribution is 6.00. The second-order valence-electron chi connectivity index (χ2n) is 7.92. The summed E-state index contributed by atoms with van der Waals surface area (Å²) >= 11 is 0. The second-order valence-corrected chi connectivity index (χ2v) is 7.92. The molecule has 0 saturated carbocycles. The Morgan fingerprint density at radius 1 is 1.24 bits per heavy atom. The van der Waals surface area contributed by atoms with Crippen LogP contribution in [0.5, 0.6) is 5.75 Å². The molecular weight excluding hydrogens is 445 g/mol. The van der Waals surface area contributed by atoms with Crippen LogP contribution in [-0.4, -0.2) is 54.0 Å². The van der Waals surface area contributed by atoms with Gasteiger partial charge in [0.05, 0.1) is 24.6 Å². The van der Waals surface area contributed by atoms with Crippen LogP contribution in [0.1, 0.15) is 40.9 Å². The van der Waals surface area contributed by atoms with E-state index >= 15 is 0 Å². The van der Waals surface area contributed by atoms with Crippen molar-refractivity contribution in [1.29, 1.82) is 0 Å². The van der Waals surface area contributed by atoms with Crippen LogP contribution in [-0.2, 0) is 16.0 Å². The Morgan fingerprint density at radius 3 is 2.56 bits per heavy atom. The molecule has 9 nitrogen and oxygen atoms in total. The number of carbonyl (C=O) groups is 4. The fraction of sp³-hybridized carbons (Fsp3) is 0.333. The van der Waals surface area contributed by atoms with Crippen molar-refractivity contribution in [3.63, 3.8) is 0 Å². The maximum Gasteiger partial charge on any atom is 0.335 e. The number of imide groups is 1. The SMILES string of the molecule is CC[C@@H](NC(=O)N1CC(=O)NC[C@H](Cc2cc(F)ccc2OC)C1=O)c1ccc(C(=O)O)cc1. The zero-order valence-corrected chi connectivity index (χ0v) is 18.8. The van der Waals surface area contributed by atoms with Gasteiger partial charge in [-0.2, -0.15) is 0 Å². The molecule has 0 unspecified atom stereocenters. The lowest BCUT2D eigenvalue weighted by Crippen LogP contribution is -2.48. The number of methoxy groups -OCH3 is 1. The smallest absolute Gasteiger partial charge is 0.335 e. The van der Waals surface area contributed by atoms with Gasteiger partial charge in [0.2, 0.25) is 11.8 Å². The molecule has 1 aliphatic rings. The predicted octanol–water partition coefficient (Wildman–Crippen LogP) is 2.51. The molecule has 0 radical (unpaired) electrons. The number of benzene rings is 2. The minimum atomic E-state index is -1.06. The van der Waals surface area contributed by atoms with Crippen molar-refractivity contribution in [2.75, 3.05) is 20.2 Å². The third-order valence-electron chi connectivity index (χ3n) is 5.68. The molecule has 2 aromatic rings. The highest BCUT2D eigenvalue weighted by atomic mass is 19.1. The van der Waals surface area contributed by atoms with Gasteiger partial charge in [-0.15, -0.1) is 0 Å². The largest absolute Gasteiger partial charge is 0.496 e. The number of nitrogens with zero attached hydrogens (tertiary/aromatic N) is 1. The van der Waals surface area contributed by atoms with Gasteiger partial charge < -0.3 is 20.5 Å². The molecule has 0 aromatic heterocycles. The molecular formula is C24H26FN3O6. The maximum atomic E-state index is 13.8. The van der Waals surface area contributed by atoms with E-state index in [1.165, 1.54) is 37.4 Å². The van der Waals surface area contributed by atoms with E-state index in [1.54, 1.807) is 12.1 Å². The first kappa shape index (κ1) is 24.7. The highest BCUT2D eigenvalue weighted by Gasteiger charge is 2.35. The van der Waals surface area contributed by atoms with Crippen molar-refractivity contribution < 1.29 is 33.4 Å². The average molecular weight is 471 g/mol. The van der Waals surface area contributed by atoms with Crippen LogP contribution in [0.25, 0.3) is 0 Å². The Bertz CT molecular complexity index is 1090. The molecule has 4 amide bonds. The van der Waals surface area contributed by atoms with E-state index in [2.05, 4.69) is 10.6 Å². The quantitative estimate of drug-likeness (QED) is 0.570. The van der Waals surface area contributed by atoms with Crippen LogP contribution in [0, 0.1) is 11.7 Å². The number of ether oxygens (including phenoxy) is 1. The van der Waals surface area contributed by atoms with Gasteiger partial charge in [-0.05, 0) is 54.3 Å². The molecule has 0 spiro atoms. The first-order chi connectivity index (χ1) is 16.2. The number of hydrogen-bond donors (Lipinski definition) is 3. The lowest BCUT2D eigenvalue weighted by molar-refractivity contribution is -0.133. The van der Waals surface area contributed by atoms with E-state index < -0.39 is 48.1 Å². The molecule has 3 rings (SSSR count). The summed E-state index contributed by atoms with van der Waals surface area (Å²) in [5, 5.41) is 14.4. The van der Waals surface area contributed by atoms with Crippen molar-refractivity contribution in [3.8, 4) is 5.75 Å². The van der Waals surface area contributed by atoms with Gasteiger partial charge in [0.25, 0.3) is 0 Å². The molecule has 2 aromatic carbocycles. The third kappa shape index (κ3) is 5.69. The number of urea groups is 1. The zero-order chi connectivity index (χ0) is 24.8. The minimum absolute atomic E-state index is 0.00499. The molecule has 2 atom stereocenters. The predicted molar refractivity (Wildman–Crippen MR) is 120 cm³/mol. The minimum Gasteiger partial charge on any atom is -0.496 e. The van der Waals surface area contributed by atoms with Gasteiger partial charge in [0.15, 0.2) is 0 Å². The molecule has 10 heteroatoms. The number of nitrogens with one attached hydrogen (secondary N) is 2. The number of carboxylic acid groups (broad SMARTS) is 1. The van der Waals surface area contributed by atoms with Gasteiger partial charge in [0.1, 0.15) is 18.1 Å². The van der Waals surface area contributed by atoms with Crippen LogP contribution in [0.15, 0.2) is 42.5 Å². The molecule has 1 saturated heterocycles. The van der Waals surface area contributed by atoms with E-state index in [0.717, 1.165) is 4.90 Å². The first-order valence-corrected chi connectivity index (χ1v) is 10.8. The summed E-state index contributed by atoms with van der Waals surface area (Å²) in [5.74, 6) is -3.02. The van der Waals surface area contributed by atoms with Crippen molar-refractivity contribution >= 4 is 23.8 Å². The fourth-order valence-corrected chi connectivity index (χ4v) is 3.83. The number of halogens is 1. The van der Waals surface area contributed by atoms with Crippen molar-refractivity contribution in [3.05, 3.63) is 65.0 Å². The molecule has 3 N–H and O–H groups in total. The topological polar surface area (TPSA) is 125 Å². The van der Waals surface area contributed by atoms with Crippen LogP contribution in [0.3, 0.4) is 0 Å². The summed E-state index contributed by atoms with van der Waals surface area (Å²) < 4.78 is 19.0. The summed E-state index contributed by atoms with van der Waals surface area (Å²) in [6.45, 7) is 1.37. The van der Waals surface area contributed by atoms with Crippen molar-refractivity contribution in [2.24, 2.45) is 5.92 Å². The Labute approximate surface area is 195 Å². The molecule has 180 valence electrons. The molecule has 1 heterocycles. The van der Waals surface area contributed by atoms with Crippen LogP contribution < -0.4 is 15.4 Å². The first-order valence-electron chi connectivity index (χ1n) is 10.8. The van der Waals surface area contributed by atoms with Gasteiger partial charge in [0, 0.05) is 6.54 Å². The van der Waals surface area contributed by atoms with E-state index in [1.807, 2.05) is 6.92 Å². The van der Waals surface area contributed by atoms with E-state index in [0.29, 0.717) is 23.3 Å². The van der Waals surface area contributed by atoms with E-state index in [-0.39, 0.29) is 18.5 Å². The van der Waals surface area contributed by atoms with Crippen molar-refractivity contribution in [2.45, 2.75) is 25.8 Å². The standard InChI is InChI=1S/C24H26FN3O6/c1-3-19(14-4-6-15(7-5-14)23(31)32)27-24(33)28-13-21(29)26-12-17(22(28)30)10-16-11-18(25)8-9-20(16)34-2/h4-9,11,17,19H,3,10,12-13H2,1-2H3,(H,26,29)(H,27,33)(H,31,32)/t17-,19+/m0/s1. The summed E-state index contributed by atoms with van der Waals surface area (Å²) in [6.07, 6.45) is 0.536. The number of rotatable bonds is 7. The van der Waals surface area contributed by atoms with Gasteiger partial charge in [-0.1, -0.05) is 19.1 Å². The molecule has 1 fully saturated rings. The monoisotopic (exact) mass is 471 g/mol. The molecule has 0 aliphatic carbocycles. The summed E-state index contributed by atoms with van der Waals surface area (Å²) in [4.78, 5) is 50.4. The normalized spacial score (nSPS) is 16.9. The third-order valence-corrected chi connectivity index (χ3v) is 5.68. The number of hydrogen-bond acceptors (Lipinski definition) is 5. The second kappa shape index (κ2) is 10.8. The Kier molecular flexibility index (Phi) is 7.83. The number of carbonyl (C=O) groups excluding carboxylic acids is 3. The number of amides is 4. The van der Waals surface area contributed by atoms with Gasteiger partial charge in [-0.25, -0.2) is 14.0 Å². The van der Waals surface area contributed by atoms with Crippen LogP contribution in [0.4, 0.5) is 9.18 Å². The molecule has 1 aliphatic heterocycles. The Morgan fingerprint density at radius 2 is 1.94 bits per heavy atom. The summed E-state index contributed by atoms with van der Waals surface area (Å²) in [7, 11) is 1.43. The van der Waals surface area contributed by atoms with E-state index in [4.69, 9.17) is 9.84 Å². The summed E-state index contributed by atoms with van der Waals surface area (Å²) in [5.41, 5.74) is 1.22. The zero-order valence-electron chi connectivity index (χ0n) is 18.8. The lowest BCUT2D eigenvalue weighted by Gasteiger charge is -2.25. The van der Waals surface area contributed by atoms with Gasteiger partial charge in [-0.3, -0.25) is 14.5 Å². The lowest BCUT2D eigenvalue weighted by atomic mass is 9.97. The summed E-state index contributed by atoms with van der Waals surface area (Å²) in [6, 6.07) is 8.75. The number of aromatic carboxylic acids is 1.